The van der Waals surface area contributed by atoms with Crippen molar-refractivity contribution < 1.29 is 28.2 Å². The number of likely N-dealkylation sites (tertiary alicyclic amines) is 1. The molecule has 1 fully saturated rings. The molecule has 0 radical (unpaired) electrons. The number of amides is 2. The van der Waals surface area contributed by atoms with Gasteiger partial charge in [0, 0.05) is 19.2 Å². The van der Waals surface area contributed by atoms with E-state index in [2.05, 4.69) is 5.32 Å². The van der Waals surface area contributed by atoms with E-state index in [9.17, 15) is 14.0 Å². The number of ether oxygens (including phenoxy) is 3. The van der Waals surface area contributed by atoms with Crippen molar-refractivity contribution >= 4 is 29.7 Å². The molecule has 1 heterocycles. The van der Waals surface area contributed by atoms with Gasteiger partial charge in [-0.2, -0.15) is 0 Å². The van der Waals surface area contributed by atoms with Crippen molar-refractivity contribution in [3.63, 3.8) is 0 Å². The maximum Gasteiger partial charge on any atom is 0.260 e. The molecule has 3 aromatic carbocycles. The molecule has 4 rings (SSSR count). The van der Waals surface area contributed by atoms with Gasteiger partial charge in [0.15, 0.2) is 6.61 Å². The van der Waals surface area contributed by atoms with Crippen molar-refractivity contribution in [2.24, 2.45) is 0 Å². The van der Waals surface area contributed by atoms with Gasteiger partial charge in [0.05, 0.1) is 25.5 Å². The van der Waals surface area contributed by atoms with Crippen molar-refractivity contribution in [1.82, 2.24) is 4.90 Å². The Kier molecular flexibility index (Phi) is 8.98. The summed E-state index contributed by atoms with van der Waals surface area (Å²) in [7, 11) is 2.98. The molecule has 1 aliphatic rings. The molecule has 0 spiro atoms. The maximum absolute atomic E-state index is 14.2. The molecule has 1 N–H and O–H groups in total. The number of nitrogens with zero attached hydrogens (tertiary/aromatic N) is 1. The third kappa shape index (κ3) is 6.70. The highest BCUT2D eigenvalue weighted by Gasteiger charge is 2.20. The first kappa shape index (κ1) is 26.7. The number of hydrogen-bond donors (Lipinski definition) is 1. The van der Waals surface area contributed by atoms with E-state index in [1.165, 1.54) is 32.8 Å². The first-order valence-electron chi connectivity index (χ1n) is 12.5. The number of piperidine rings is 1. The minimum Gasteiger partial charge on any atom is -0.497 e. The smallest absolute Gasteiger partial charge is 0.260 e. The molecule has 38 heavy (non-hydrogen) atoms. The van der Waals surface area contributed by atoms with Gasteiger partial charge in [-0.15, -0.1) is 0 Å². The van der Waals surface area contributed by atoms with Crippen LogP contribution in [0.4, 0.5) is 10.1 Å². The number of benzene rings is 3. The molecule has 1 saturated heterocycles. The minimum atomic E-state index is -0.537. The summed E-state index contributed by atoms with van der Waals surface area (Å²) < 4.78 is 30.7. The molecule has 0 unspecified atom stereocenters. The summed E-state index contributed by atoms with van der Waals surface area (Å²) in [5.41, 5.74) is 1.69. The summed E-state index contributed by atoms with van der Waals surface area (Å²) in [5.74, 6) is 0.343. The summed E-state index contributed by atoms with van der Waals surface area (Å²) in [6.07, 6.45) is 6.84. The minimum absolute atomic E-state index is 0.00170. The average molecular weight is 519 g/mol. The fourth-order valence-electron chi connectivity index (χ4n) is 4.25. The number of hydrogen-bond acceptors (Lipinski definition) is 5. The van der Waals surface area contributed by atoms with Crippen molar-refractivity contribution in [2.45, 2.75) is 19.3 Å². The lowest BCUT2D eigenvalue weighted by atomic mass is 10.0. The average Bonchev–Trinajstić information content (AvgIpc) is 2.96. The molecule has 0 atom stereocenters. The van der Waals surface area contributed by atoms with Crippen LogP contribution in [0.1, 0.15) is 40.7 Å². The molecule has 0 saturated carbocycles. The Morgan fingerprint density at radius 2 is 1.66 bits per heavy atom. The molecule has 0 aromatic heterocycles. The largest absolute Gasteiger partial charge is 0.497 e. The van der Waals surface area contributed by atoms with E-state index < -0.39 is 11.7 Å². The van der Waals surface area contributed by atoms with Crippen LogP contribution in [0.25, 0.3) is 12.2 Å². The molecular weight excluding hydrogens is 487 g/mol. The monoisotopic (exact) mass is 518 g/mol. The summed E-state index contributed by atoms with van der Waals surface area (Å²) in [6, 6.07) is 16.6. The topological polar surface area (TPSA) is 77.1 Å². The Labute approximate surface area is 221 Å². The Bertz CT molecular complexity index is 1300. The van der Waals surface area contributed by atoms with E-state index in [0.29, 0.717) is 22.8 Å². The van der Waals surface area contributed by atoms with Crippen LogP contribution in [0, 0.1) is 5.82 Å². The fourth-order valence-corrected chi connectivity index (χ4v) is 4.25. The third-order valence-electron chi connectivity index (χ3n) is 6.32. The highest BCUT2D eigenvalue weighted by Crippen LogP contribution is 2.31. The van der Waals surface area contributed by atoms with Crippen LogP contribution < -0.4 is 19.5 Å². The van der Waals surface area contributed by atoms with Crippen LogP contribution >= 0.6 is 0 Å². The fraction of sp³-hybridized carbons (Fsp3) is 0.267. The predicted molar refractivity (Wildman–Crippen MR) is 145 cm³/mol. The Morgan fingerprint density at radius 3 is 2.34 bits per heavy atom. The lowest BCUT2D eigenvalue weighted by molar-refractivity contribution is -0.134. The second-order valence-corrected chi connectivity index (χ2v) is 8.86. The van der Waals surface area contributed by atoms with Gasteiger partial charge < -0.3 is 24.4 Å². The van der Waals surface area contributed by atoms with Crippen LogP contribution in [0.3, 0.4) is 0 Å². The van der Waals surface area contributed by atoms with Crippen molar-refractivity contribution in [3.8, 4) is 17.2 Å². The Balaban J connectivity index is 1.50. The SMILES string of the molecule is COc1cc(/C=C/c2ccc(OCC(=O)N3CCCCC3)cc2)c(C(=O)Nc2ccccc2F)c(OC)c1. The first-order valence-corrected chi connectivity index (χ1v) is 12.5. The van der Waals surface area contributed by atoms with Crippen LogP contribution in [-0.4, -0.2) is 50.6 Å². The molecule has 7 nitrogen and oxygen atoms in total. The van der Waals surface area contributed by atoms with Gasteiger partial charge in [-0.25, -0.2) is 4.39 Å². The zero-order valence-electron chi connectivity index (χ0n) is 21.5. The van der Waals surface area contributed by atoms with E-state index >= 15 is 0 Å². The zero-order valence-corrected chi connectivity index (χ0v) is 21.5. The number of halogens is 1. The standard InChI is InChI=1S/C30H31FN2O5/c1-36-24-18-22(29(27(19-24)37-2)30(35)32-26-9-5-4-8-25(26)31)13-10-21-11-14-23(15-12-21)38-20-28(34)33-16-6-3-7-17-33/h4-5,8-15,18-19H,3,6-7,16-17,20H2,1-2H3,(H,32,35)/b13-10+. The molecule has 1 aliphatic heterocycles. The van der Waals surface area contributed by atoms with Crippen LogP contribution in [0.5, 0.6) is 17.2 Å². The number of carbonyl (C=O) groups is 2. The highest BCUT2D eigenvalue weighted by molar-refractivity contribution is 6.09. The second-order valence-electron chi connectivity index (χ2n) is 8.86. The van der Waals surface area contributed by atoms with E-state index in [4.69, 9.17) is 14.2 Å². The predicted octanol–water partition coefficient (Wildman–Crippen LogP) is 5.66. The maximum atomic E-state index is 14.2. The molecule has 198 valence electrons. The van der Waals surface area contributed by atoms with E-state index in [-0.39, 0.29) is 23.8 Å². The van der Waals surface area contributed by atoms with Gasteiger partial charge in [0.25, 0.3) is 11.8 Å². The number of methoxy groups -OCH3 is 2. The molecule has 3 aromatic rings. The molecule has 2 amide bonds. The second kappa shape index (κ2) is 12.8. The van der Waals surface area contributed by atoms with Crippen molar-refractivity contribution in [2.75, 3.05) is 39.2 Å². The van der Waals surface area contributed by atoms with E-state index in [1.807, 2.05) is 23.1 Å². The van der Waals surface area contributed by atoms with Gasteiger partial charge in [0.2, 0.25) is 0 Å². The highest BCUT2D eigenvalue weighted by atomic mass is 19.1. The van der Waals surface area contributed by atoms with Gasteiger partial charge in [-0.1, -0.05) is 36.4 Å². The summed E-state index contributed by atoms with van der Waals surface area (Å²) in [6.45, 7) is 1.60. The van der Waals surface area contributed by atoms with Crippen LogP contribution in [-0.2, 0) is 4.79 Å². The lowest BCUT2D eigenvalue weighted by Crippen LogP contribution is -2.38. The summed E-state index contributed by atoms with van der Waals surface area (Å²) in [4.78, 5) is 27.4. The quantitative estimate of drug-likeness (QED) is 0.370. The first-order chi connectivity index (χ1) is 18.5. The molecule has 0 aliphatic carbocycles. The Morgan fingerprint density at radius 1 is 0.921 bits per heavy atom. The Hall–Kier alpha value is -4.33. The zero-order chi connectivity index (χ0) is 26.9. The van der Waals surface area contributed by atoms with E-state index in [1.54, 1.807) is 42.5 Å². The van der Waals surface area contributed by atoms with Gasteiger partial charge in [0.1, 0.15) is 23.1 Å². The van der Waals surface area contributed by atoms with Crippen LogP contribution in [0.15, 0.2) is 60.7 Å². The van der Waals surface area contributed by atoms with Crippen LogP contribution in [0.2, 0.25) is 0 Å². The number of anilines is 1. The normalized spacial score (nSPS) is 13.3. The van der Waals surface area contributed by atoms with E-state index in [0.717, 1.165) is 31.5 Å². The number of para-hydroxylation sites is 1. The summed E-state index contributed by atoms with van der Waals surface area (Å²) >= 11 is 0. The van der Waals surface area contributed by atoms with Crippen molar-refractivity contribution in [3.05, 3.63) is 83.2 Å². The number of nitrogens with one attached hydrogen (secondary N) is 1. The molecular formula is C30H31FN2O5. The van der Waals surface area contributed by atoms with Gasteiger partial charge in [-0.3, -0.25) is 9.59 Å². The third-order valence-corrected chi connectivity index (χ3v) is 6.32. The lowest BCUT2D eigenvalue weighted by Gasteiger charge is -2.26. The summed E-state index contributed by atoms with van der Waals surface area (Å²) in [5, 5.41) is 2.62. The molecule has 8 heteroatoms. The number of rotatable bonds is 9. The number of carbonyl (C=O) groups excluding carboxylic acids is 2. The van der Waals surface area contributed by atoms with Gasteiger partial charge in [-0.05, 0) is 60.7 Å². The van der Waals surface area contributed by atoms with Gasteiger partial charge >= 0.3 is 0 Å². The van der Waals surface area contributed by atoms with Crippen molar-refractivity contribution in [1.29, 1.82) is 0 Å². The molecule has 0 bridgehead atoms.